The van der Waals surface area contributed by atoms with Crippen LogP contribution in [0.1, 0.15) is 27.7 Å². The largest absolute Gasteiger partial charge is 0.350 e. The zero-order valence-corrected chi connectivity index (χ0v) is 8.18. The summed E-state index contributed by atoms with van der Waals surface area (Å²) in [5.74, 6) is 0.0556. The number of hydrogen-bond donors (Lipinski definition) is 1. The van der Waals surface area contributed by atoms with Crippen LogP contribution in [0, 0.1) is 0 Å². The van der Waals surface area contributed by atoms with Crippen LogP contribution in [0.3, 0.4) is 0 Å². The third kappa shape index (κ3) is 23.2. The fraction of sp³-hybridized carbons (Fsp3) is 0.556. The third-order valence-corrected chi connectivity index (χ3v) is 0.616. The minimum Gasteiger partial charge on any atom is -0.350 e. The molecule has 1 amide bonds. The maximum Gasteiger partial charge on any atom is 0.243 e. The van der Waals surface area contributed by atoms with Crippen molar-refractivity contribution in [3.63, 3.8) is 0 Å². The van der Waals surface area contributed by atoms with Crippen molar-refractivity contribution in [2.75, 3.05) is 0 Å². The fourth-order valence-corrected chi connectivity index (χ4v) is 0.343. The molecule has 0 radical (unpaired) electrons. The van der Waals surface area contributed by atoms with Crippen LogP contribution in [0.4, 0.5) is 0 Å². The van der Waals surface area contributed by atoms with E-state index in [9.17, 15) is 9.59 Å². The molecule has 1 N–H and O–H groups in total. The Labute approximate surface area is 73.8 Å². The molecule has 0 atom stereocenters. The molecule has 0 aromatic carbocycles. The summed E-state index contributed by atoms with van der Waals surface area (Å²) in [6, 6.07) is 0.209. The quantitative estimate of drug-likeness (QED) is 0.636. The van der Waals surface area contributed by atoms with Crippen molar-refractivity contribution in [3.05, 3.63) is 12.7 Å². The zero-order chi connectivity index (χ0) is 10.1. The predicted molar refractivity (Wildman–Crippen MR) is 49.8 cm³/mol. The molecule has 0 spiro atoms. The molecule has 0 unspecified atom stereocenters. The average Bonchev–Trinajstić information content (AvgIpc) is 1.84. The minimum atomic E-state index is -0.111. The highest BCUT2D eigenvalue weighted by molar-refractivity contribution is 5.86. The topological polar surface area (TPSA) is 46.2 Å². The van der Waals surface area contributed by atoms with Gasteiger partial charge in [0.25, 0.3) is 0 Å². The van der Waals surface area contributed by atoms with E-state index in [4.69, 9.17) is 0 Å². The van der Waals surface area contributed by atoms with Crippen molar-refractivity contribution in [2.24, 2.45) is 0 Å². The summed E-state index contributed by atoms with van der Waals surface area (Å²) in [4.78, 5) is 19.8. The molecule has 0 saturated heterocycles. The van der Waals surface area contributed by atoms with Gasteiger partial charge in [0.05, 0.1) is 0 Å². The monoisotopic (exact) mass is 171 g/mol. The van der Waals surface area contributed by atoms with Gasteiger partial charge in [0.2, 0.25) is 5.91 Å². The molecule has 0 heterocycles. The van der Waals surface area contributed by atoms with Crippen LogP contribution in [-0.4, -0.2) is 17.7 Å². The summed E-state index contributed by atoms with van der Waals surface area (Å²) in [6.07, 6.45) is 1.26. The molecule has 0 aromatic rings. The SMILES string of the molecule is C=CC(=O)NC(C)C.CC(C)=O. The van der Waals surface area contributed by atoms with Gasteiger partial charge in [-0.2, -0.15) is 0 Å². The summed E-state index contributed by atoms with van der Waals surface area (Å²) in [5, 5.41) is 2.64. The van der Waals surface area contributed by atoms with Crippen molar-refractivity contribution in [1.82, 2.24) is 5.32 Å². The number of carbonyl (C=O) groups excluding carboxylic acids is 2. The number of amides is 1. The summed E-state index contributed by atoms with van der Waals surface area (Å²) in [7, 11) is 0. The second-order valence-electron chi connectivity index (χ2n) is 2.78. The van der Waals surface area contributed by atoms with Crippen molar-refractivity contribution >= 4 is 11.7 Å². The highest BCUT2D eigenvalue weighted by Crippen LogP contribution is 1.75. The van der Waals surface area contributed by atoms with Gasteiger partial charge in [0.15, 0.2) is 0 Å². The number of rotatable bonds is 2. The first-order chi connectivity index (χ1) is 5.40. The molecule has 0 rings (SSSR count). The smallest absolute Gasteiger partial charge is 0.243 e. The van der Waals surface area contributed by atoms with Crippen LogP contribution in [0.5, 0.6) is 0 Å². The number of carbonyl (C=O) groups is 2. The lowest BCUT2D eigenvalue weighted by Gasteiger charge is -2.02. The fourth-order valence-electron chi connectivity index (χ4n) is 0.343. The van der Waals surface area contributed by atoms with Crippen LogP contribution in [-0.2, 0) is 9.59 Å². The first-order valence-corrected chi connectivity index (χ1v) is 3.80. The molecule has 3 heteroatoms. The highest BCUT2D eigenvalue weighted by atomic mass is 16.1. The van der Waals surface area contributed by atoms with Gasteiger partial charge in [0.1, 0.15) is 5.78 Å². The van der Waals surface area contributed by atoms with E-state index in [1.54, 1.807) is 0 Å². The number of nitrogens with one attached hydrogen (secondary N) is 1. The van der Waals surface area contributed by atoms with E-state index in [0.29, 0.717) is 0 Å². The molecule has 3 nitrogen and oxygen atoms in total. The standard InChI is InChI=1S/C6H11NO.C3H6O/c1-4-6(8)7-5(2)3;1-3(2)4/h4-5H,1H2,2-3H3,(H,7,8);1-2H3. The molecule has 0 aliphatic rings. The Kier molecular flexibility index (Phi) is 8.96. The number of ketones is 1. The second kappa shape index (κ2) is 7.98. The van der Waals surface area contributed by atoms with Gasteiger partial charge < -0.3 is 10.1 Å². The van der Waals surface area contributed by atoms with Crippen LogP contribution in [0.2, 0.25) is 0 Å². The van der Waals surface area contributed by atoms with Crippen LogP contribution in [0.25, 0.3) is 0 Å². The molecular formula is C9H17NO2. The van der Waals surface area contributed by atoms with E-state index in [1.165, 1.54) is 19.9 Å². The normalized spacial score (nSPS) is 8.08. The summed E-state index contributed by atoms with van der Waals surface area (Å²) in [5.41, 5.74) is 0. The lowest BCUT2D eigenvalue weighted by atomic mass is 10.4. The van der Waals surface area contributed by atoms with E-state index in [1.807, 2.05) is 13.8 Å². The van der Waals surface area contributed by atoms with E-state index in [0.717, 1.165) is 0 Å². The molecule has 70 valence electrons. The van der Waals surface area contributed by atoms with Gasteiger partial charge in [-0.15, -0.1) is 0 Å². The molecule has 0 bridgehead atoms. The summed E-state index contributed by atoms with van der Waals surface area (Å²) < 4.78 is 0. The predicted octanol–water partition coefficient (Wildman–Crippen LogP) is 1.29. The van der Waals surface area contributed by atoms with Crippen LogP contribution in [0.15, 0.2) is 12.7 Å². The minimum absolute atomic E-state index is 0.111. The zero-order valence-electron chi connectivity index (χ0n) is 8.18. The molecule has 0 aliphatic carbocycles. The second-order valence-corrected chi connectivity index (χ2v) is 2.78. The lowest BCUT2D eigenvalue weighted by molar-refractivity contribution is -0.117. The van der Waals surface area contributed by atoms with Gasteiger partial charge in [-0.3, -0.25) is 4.79 Å². The van der Waals surface area contributed by atoms with Crippen molar-refractivity contribution in [3.8, 4) is 0 Å². The van der Waals surface area contributed by atoms with Gasteiger partial charge in [-0.1, -0.05) is 6.58 Å². The van der Waals surface area contributed by atoms with Gasteiger partial charge in [-0.25, -0.2) is 0 Å². The number of Topliss-reactive ketones (excluding diaryl/α,β-unsaturated/α-hetero) is 1. The Morgan fingerprint density at radius 2 is 1.67 bits per heavy atom. The van der Waals surface area contributed by atoms with E-state index >= 15 is 0 Å². The Balaban J connectivity index is 0. The van der Waals surface area contributed by atoms with E-state index in [-0.39, 0.29) is 17.7 Å². The first-order valence-electron chi connectivity index (χ1n) is 3.80. The number of hydrogen-bond acceptors (Lipinski definition) is 2. The molecular weight excluding hydrogens is 154 g/mol. The van der Waals surface area contributed by atoms with Crippen LogP contribution >= 0.6 is 0 Å². The van der Waals surface area contributed by atoms with Crippen molar-refractivity contribution in [2.45, 2.75) is 33.7 Å². The van der Waals surface area contributed by atoms with Gasteiger partial charge in [0, 0.05) is 6.04 Å². The molecule has 0 aromatic heterocycles. The molecule has 0 saturated carbocycles. The Morgan fingerprint density at radius 3 is 1.75 bits per heavy atom. The molecule has 12 heavy (non-hydrogen) atoms. The van der Waals surface area contributed by atoms with Gasteiger partial charge >= 0.3 is 0 Å². The lowest BCUT2D eigenvalue weighted by Crippen LogP contribution is -2.27. The van der Waals surface area contributed by atoms with Crippen molar-refractivity contribution < 1.29 is 9.59 Å². The van der Waals surface area contributed by atoms with Gasteiger partial charge in [-0.05, 0) is 33.8 Å². The average molecular weight is 171 g/mol. The Bertz CT molecular complexity index is 158. The highest BCUT2D eigenvalue weighted by Gasteiger charge is 1.93. The maximum atomic E-state index is 10.4. The Hall–Kier alpha value is -1.12. The third-order valence-electron chi connectivity index (χ3n) is 0.616. The maximum absolute atomic E-state index is 10.4. The van der Waals surface area contributed by atoms with E-state index < -0.39 is 0 Å². The summed E-state index contributed by atoms with van der Waals surface area (Å²) in [6.45, 7) is 10.2. The van der Waals surface area contributed by atoms with Crippen molar-refractivity contribution in [1.29, 1.82) is 0 Å². The van der Waals surface area contributed by atoms with E-state index in [2.05, 4.69) is 11.9 Å². The summed E-state index contributed by atoms with van der Waals surface area (Å²) >= 11 is 0. The van der Waals surface area contributed by atoms with Crippen LogP contribution < -0.4 is 5.32 Å². The molecule has 0 fully saturated rings. The molecule has 0 aliphatic heterocycles. The first kappa shape index (κ1) is 13.5. The Morgan fingerprint density at radius 1 is 1.33 bits per heavy atom.